The van der Waals surface area contributed by atoms with Gasteiger partial charge >= 0.3 is 0 Å². The Balaban J connectivity index is 3.15. The number of ether oxygens (including phenoxy) is 1. The van der Waals surface area contributed by atoms with Crippen LogP contribution in [0.15, 0.2) is 24.3 Å². The van der Waals surface area contributed by atoms with E-state index in [4.69, 9.17) is 24.7 Å². The van der Waals surface area contributed by atoms with Crippen molar-refractivity contribution in [2.24, 2.45) is 0 Å². The molecule has 0 heterocycles. The fourth-order valence-corrected chi connectivity index (χ4v) is 3.79. The van der Waals surface area contributed by atoms with Crippen molar-refractivity contribution in [1.82, 2.24) is 0 Å². The average Bonchev–Trinajstić information content (AvgIpc) is 2.38. The summed E-state index contributed by atoms with van der Waals surface area (Å²) in [6.07, 6.45) is -0.527. The summed E-state index contributed by atoms with van der Waals surface area (Å²) in [7, 11) is -5.01. The van der Waals surface area contributed by atoms with Crippen LogP contribution in [0.4, 0.5) is 0 Å². The summed E-state index contributed by atoms with van der Waals surface area (Å²) in [5, 5.41) is 0. The van der Waals surface area contributed by atoms with Crippen LogP contribution < -0.4 is 4.74 Å². The molecule has 0 amide bonds. The van der Waals surface area contributed by atoms with Gasteiger partial charge < -0.3 is 4.74 Å². The lowest BCUT2D eigenvalue weighted by molar-refractivity contribution is 0.0601. The molecule has 0 saturated heterocycles. The number of benzene rings is 1. The highest BCUT2D eigenvalue weighted by Crippen LogP contribution is 2.42. The van der Waals surface area contributed by atoms with E-state index in [2.05, 4.69) is 0 Å². The van der Waals surface area contributed by atoms with E-state index in [0.29, 0.717) is 5.75 Å². The largest absolute Gasteiger partial charge is 0.469 e. The van der Waals surface area contributed by atoms with E-state index in [1.807, 2.05) is 19.1 Å². The first-order valence-corrected chi connectivity index (χ1v) is 9.37. The quantitative estimate of drug-likeness (QED) is 0.718. The predicted octanol–water partition coefficient (Wildman–Crippen LogP) is 3.91. The molecule has 0 spiro atoms. The Labute approximate surface area is 137 Å². The van der Waals surface area contributed by atoms with Crippen LogP contribution in [-0.2, 0) is 18.3 Å². The highest BCUT2D eigenvalue weighted by Gasteiger charge is 2.55. The number of aryl methyl sites for hydroxylation is 1. The van der Waals surface area contributed by atoms with Crippen LogP contribution in [0.2, 0.25) is 0 Å². The normalized spacial score (nSPS) is 14.6. The molecule has 7 heteroatoms. The topological polar surface area (TPSA) is 65.0 Å². The molecule has 0 radical (unpaired) electrons. The molecule has 0 unspecified atom stereocenters. The first-order chi connectivity index (χ1) is 9.99. The third-order valence-corrected chi connectivity index (χ3v) is 6.13. The van der Waals surface area contributed by atoms with Crippen molar-refractivity contribution < 1.29 is 21.9 Å². The van der Waals surface area contributed by atoms with Gasteiger partial charge in [0.15, 0.2) is 0 Å². The molecular weight excluding hydrogens is 328 g/mol. The smallest absolute Gasteiger partial charge is 0.230 e. The predicted molar refractivity (Wildman–Crippen MR) is 89.6 cm³/mol. The molecule has 0 bridgehead atoms. The number of hydrogen-bond donors (Lipinski definition) is 1. The molecule has 1 rings (SSSR count). The SMILES string of the molecule is Cc1ccc(OC(C)(C)S(=O)(O)(OCCCl)OC(C)C)cc1. The van der Waals surface area contributed by atoms with Gasteiger partial charge in [-0.15, -0.1) is 11.6 Å². The zero-order chi connectivity index (χ0) is 17.0. The van der Waals surface area contributed by atoms with Gasteiger partial charge in [0, 0.05) is 5.88 Å². The van der Waals surface area contributed by atoms with Crippen LogP contribution in [0, 0.1) is 6.92 Å². The zero-order valence-electron chi connectivity index (χ0n) is 13.7. The molecule has 0 aliphatic rings. The molecular formula is C15H25ClO5S. The summed E-state index contributed by atoms with van der Waals surface area (Å²) in [5.74, 6) is 0.516. The summed E-state index contributed by atoms with van der Waals surface area (Å²) in [6.45, 7) is 8.03. The van der Waals surface area contributed by atoms with Gasteiger partial charge in [0.2, 0.25) is 14.8 Å². The van der Waals surface area contributed by atoms with Crippen LogP contribution in [0.5, 0.6) is 5.75 Å². The van der Waals surface area contributed by atoms with E-state index >= 15 is 0 Å². The van der Waals surface area contributed by atoms with Crippen molar-refractivity contribution in [2.75, 3.05) is 12.5 Å². The van der Waals surface area contributed by atoms with E-state index in [0.717, 1.165) is 5.56 Å². The van der Waals surface area contributed by atoms with Gasteiger partial charge in [-0.1, -0.05) is 17.7 Å². The van der Waals surface area contributed by atoms with Gasteiger partial charge in [0.25, 0.3) is 0 Å². The molecule has 128 valence electrons. The molecule has 1 aromatic rings. The number of halogens is 1. The summed E-state index contributed by atoms with van der Waals surface area (Å²) in [6, 6.07) is 7.15. The average molecular weight is 353 g/mol. The molecule has 0 fully saturated rings. The summed E-state index contributed by atoms with van der Waals surface area (Å²) in [4.78, 5) is -1.62. The Morgan fingerprint density at radius 2 is 1.82 bits per heavy atom. The van der Waals surface area contributed by atoms with Crippen molar-refractivity contribution in [2.45, 2.75) is 45.7 Å². The monoisotopic (exact) mass is 352 g/mol. The molecule has 0 aliphatic heterocycles. The summed E-state index contributed by atoms with van der Waals surface area (Å²) in [5.41, 5.74) is 1.06. The Morgan fingerprint density at radius 1 is 1.27 bits per heavy atom. The fourth-order valence-electron chi connectivity index (χ4n) is 1.76. The maximum Gasteiger partial charge on any atom is 0.230 e. The maximum absolute atomic E-state index is 13.2. The number of rotatable bonds is 8. The van der Waals surface area contributed by atoms with Crippen LogP contribution in [-0.4, -0.2) is 32.3 Å². The Kier molecular flexibility index (Phi) is 6.03. The highest BCUT2D eigenvalue weighted by molar-refractivity contribution is 8.07. The van der Waals surface area contributed by atoms with E-state index in [1.54, 1.807) is 26.0 Å². The van der Waals surface area contributed by atoms with Crippen molar-refractivity contribution in [3.63, 3.8) is 0 Å². The molecule has 0 atom stereocenters. The second-order valence-electron chi connectivity index (χ2n) is 5.74. The molecule has 22 heavy (non-hydrogen) atoms. The van der Waals surface area contributed by atoms with Crippen molar-refractivity contribution in [1.29, 1.82) is 0 Å². The first-order valence-electron chi connectivity index (χ1n) is 7.06. The lowest BCUT2D eigenvalue weighted by atomic mass is 10.2. The lowest BCUT2D eigenvalue weighted by Crippen LogP contribution is -2.59. The van der Waals surface area contributed by atoms with E-state index < -0.39 is 20.9 Å². The molecule has 0 saturated carbocycles. The Bertz CT molecular complexity index is 556. The third-order valence-electron chi connectivity index (χ3n) is 2.94. The van der Waals surface area contributed by atoms with Crippen LogP contribution in [0.3, 0.4) is 0 Å². The minimum absolute atomic E-state index is 0.0666. The highest BCUT2D eigenvalue weighted by atomic mass is 35.5. The van der Waals surface area contributed by atoms with E-state index in [-0.39, 0.29) is 12.5 Å². The second kappa shape index (κ2) is 6.84. The van der Waals surface area contributed by atoms with Crippen LogP contribution >= 0.6 is 11.6 Å². The third kappa shape index (κ3) is 4.43. The summed E-state index contributed by atoms with van der Waals surface area (Å²) >= 11 is 5.58. The zero-order valence-corrected chi connectivity index (χ0v) is 15.2. The van der Waals surface area contributed by atoms with Crippen molar-refractivity contribution in [3.05, 3.63) is 29.8 Å². The molecule has 1 aromatic carbocycles. The summed E-state index contributed by atoms with van der Waals surface area (Å²) < 4.78 is 40.1. The van der Waals surface area contributed by atoms with E-state index in [9.17, 15) is 8.76 Å². The minimum Gasteiger partial charge on any atom is -0.469 e. The van der Waals surface area contributed by atoms with Gasteiger partial charge in [-0.25, -0.2) is 0 Å². The van der Waals surface area contributed by atoms with Crippen LogP contribution in [0.1, 0.15) is 33.3 Å². The van der Waals surface area contributed by atoms with Gasteiger partial charge in [-0.3, -0.25) is 12.9 Å². The second-order valence-corrected chi connectivity index (χ2v) is 9.07. The van der Waals surface area contributed by atoms with Crippen molar-refractivity contribution in [3.8, 4) is 5.75 Å². The van der Waals surface area contributed by atoms with Gasteiger partial charge in [0.05, 0.1) is 12.7 Å². The van der Waals surface area contributed by atoms with Gasteiger partial charge in [-0.05, 0) is 46.8 Å². The van der Waals surface area contributed by atoms with E-state index in [1.165, 1.54) is 13.8 Å². The number of alkyl halides is 1. The van der Waals surface area contributed by atoms with Crippen molar-refractivity contribution >= 4 is 21.5 Å². The molecule has 5 nitrogen and oxygen atoms in total. The fraction of sp³-hybridized carbons (Fsp3) is 0.600. The molecule has 0 aromatic heterocycles. The van der Waals surface area contributed by atoms with Gasteiger partial charge in [0.1, 0.15) is 5.75 Å². The molecule has 0 aliphatic carbocycles. The molecule has 1 N–H and O–H groups in total. The van der Waals surface area contributed by atoms with Gasteiger partial charge in [-0.2, -0.15) is 4.21 Å². The number of hydrogen-bond acceptors (Lipinski definition) is 4. The maximum atomic E-state index is 13.2. The lowest BCUT2D eigenvalue weighted by Gasteiger charge is -2.47. The first kappa shape index (κ1) is 19.4. The Morgan fingerprint density at radius 3 is 2.27 bits per heavy atom. The minimum atomic E-state index is -5.01. The van der Waals surface area contributed by atoms with Crippen LogP contribution in [0.25, 0.3) is 0 Å². The standard InChI is InChI=1S/C15H25ClO5S/c1-12(2)21-22(17,18,19-11-10-16)15(4,5)20-14-8-6-13(3)7-9-14/h6-9,12H,10-11H2,1-5H3,(H,17,18). The Hall–Kier alpha value is -0.660.